The van der Waals surface area contributed by atoms with E-state index in [0.717, 1.165) is 30.6 Å². The number of benzene rings is 1. The van der Waals surface area contributed by atoms with Gasteiger partial charge in [0.25, 0.3) is 5.56 Å². The molecule has 1 atom stereocenters. The molecule has 3 rings (SSSR count). The van der Waals surface area contributed by atoms with Gasteiger partial charge in [-0.05, 0) is 49.3 Å². The van der Waals surface area contributed by atoms with Gasteiger partial charge in [-0.1, -0.05) is 19.1 Å². The van der Waals surface area contributed by atoms with Crippen molar-refractivity contribution in [3.63, 3.8) is 0 Å². The van der Waals surface area contributed by atoms with Crippen molar-refractivity contribution in [1.29, 1.82) is 0 Å². The molecule has 0 saturated heterocycles. The minimum Gasteiger partial charge on any atom is -0.490 e. The van der Waals surface area contributed by atoms with E-state index in [-0.39, 0.29) is 30.8 Å². The van der Waals surface area contributed by atoms with Crippen molar-refractivity contribution in [2.45, 2.75) is 51.4 Å². The van der Waals surface area contributed by atoms with E-state index in [4.69, 9.17) is 9.47 Å². The lowest BCUT2D eigenvalue weighted by atomic mass is 9.98. The molecule has 164 valence electrons. The molecule has 1 N–H and O–H groups in total. The predicted molar refractivity (Wildman–Crippen MR) is 114 cm³/mol. The fraction of sp³-hybridized carbons (Fsp3) is 0.524. The van der Waals surface area contributed by atoms with Gasteiger partial charge in [0.05, 0.1) is 17.6 Å². The van der Waals surface area contributed by atoms with Crippen molar-refractivity contribution in [2.75, 3.05) is 18.1 Å². The Balaban J connectivity index is 1.47. The monoisotopic (exact) mass is 436 g/mol. The number of H-pyrrole nitrogens is 1. The first-order valence-electron chi connectivity index (χ1n) is 10.2. The van der Waals surface area contributed by atoms with Crippen LogP contribution in [0.15, 0.2) is 46.1 Å². The lowest BCUT2D eigenvalue weighted by Crippen LogP contribution is -2.29. The number of aromatic nitrogens is 2. The third-order valence-corrected chi connectivity index (χ3v) is 6.80. The molecule has 2 aromatic rings. The number of hydrogen-bond acceptors (Lipinski definition) is 6. The van der Waals surface area contributed by atoms with E-state index in [1.807, 2.05) is 31.2 Å². The highest BCUT2D eigenvalue weighted by Gasteiger charge is 2.24. The molecule has 1 heterocycles. The first-order valence-corrected chi connectivity index (χ1v) is 12.0. The van der Waals surface area contributed by atoms with Crippen molar-refractivity contribution in [3.05, 3.63) is 62.9 Å². The standard InChI is InChI=1S/C21H28N2O6S/c1-2-16(17-5-3-6-19(13-17)29-18-7-8-18)14-30(26,27)12-4-11-28-15-23-10-9-20(24)22-21(23)25/h3,5-6,9-10,13,16,18H,2,4,7-8,11-12,14-15H2,1H3,(H,22,24,25)/t16-/m0/s1. The van der Waals surface area contributed by atoms with E-state index in [9.17, 15) is 18.0 Å². The smallest absolute Gasteiger partial charge is 0.330 e. The fourth-order valence-corrected chi connectivity index (χ4v) is 4.92. The number of aromatic amines is 1. The Morgan fingerprint density at radius 1 is 1.23 bits per heavy atom. The predicted octanol–water partition coefficient (Wildman–Crippen LogP) is 2.05. The highest BCUT2D eigenvalue weighted by molar-refractivity contribution is 7.91. The summed E-state index contributed by atoms with van der Waals surface area (Å²) in [5.41, 5.74) is -0.0563. The van der Waals surface area contributed by atoms with E-state index < -0.39 is 21.1 Å². The molecular weight excluding hydrogens is 408 g/mol. The van der Waals surface area contributed by atoms with Crippen LogP contribution in [0.5, 0.6) is 5.75 Å². The zero-order valence-electron chi connectivity index (χ0n) is 17.1. The van der Waals surface area contributed by atoms with Crippen LogP contribution >= 0.6 is 0 Å². The number of hydrogen-bond donors (Lipinski definition) is 1. The second kappa shape index (κ2) is 10.1. The average molecular weight is 437 g/mol. The molecule has 0 aliphatic heterocycles. The Kier molecular flexibility index (Phi) is 7.49. The van der Waals surface area contributed by atoms with Crippen molar-refractivity contribution in [3.8, 4) is 5.75 Å². The van der Waals surface area contributed by atoms with Gasteiger partial charge >= 0.3 is 5.69 Å². The minimum absolute atomic E-state index is 0.0162. The minimum atomic E-state index is -3.26. The maximum atomic E-state index is 12.6. The van der Waals surface area contributed by atoms with Gasteiger partial charge in [0.1, 0.15) is 12.5 Å². The van der Waals surface area contributed by atoms with Crippen molar-refractivity contribution in [1.82, 2.24) is 9.55 Å². The molecule has 1 aromatic carbocycles. The summed E-state index contributed by atoms with van der Waals surface area (Å²) in [7, 11) is -3.26. The van der Waals surface area contributed by atoms with E-state index in [2.05, 4.69) is 4.98 Å². The molecule has 1 aliphatic carbocycles. The van der Waals surface area contributed by atoms with Gasteiger partial charge in [-0.25, -0.2) is 13.2 Å². The summed E-state index contributed by atoms with van der Waals surface area (Å²) in [4.78, 5) is 24.7. The second-order valence-electron chi connectivity index (χ2n) is 7.58. The molecule has 1 fully saturated rings. The molecule has 0 radical (unpaired) electrons. The van der Waals surface area contributed by atoms with Gasteiger partial charge < -0.3 is 9.47 Å². The average Bonchev–Trinajstić information content (AvgIpc) is 3.51. The van der Waals surface area contributed by atoms with Crippen LogP contribution in [0.2, 0.25) is 0 Å². The molecule has 9 heteroatoms. The van der Waals surface area contributed by atoms with Gasteiger partial charge in [0, 0.05) is 18.9 Å². The molecule has 8 nitrogen and oxygen atoms in total. The van der Waals surface area contributed by atoms with E-state index in [0.29, 0.717) is 12.5 Å². The Hall–Kier alpha value is -2.39. The van der Waals surface area contributed by atoms with Gasteiger partial charge in [-0.3, -0.25) is 14.3 Å². The van der Waals surface area contributed by atoms with Gasteiger partial charge in [0.2, 0.25) is 0 Å². The van der Waals surface area contributed by atoms with Gasteiger partial charge in [0.15, 0.2) is 9.84 Å². The van der Waals surface area contributed by atoms with Crippen LogP contribution in [0.3, 0.4) is 0 Å². The molecule has 0 unspecified atom stereocenters. The molecule has 1 aromatic heterocycles. The zero-order valence-corrected chi connectivity index (χ0v) is 17.9. The van der Waals surface area contributed by atoms with E-state index in [1.54, 1.807) is 0 Å². The molecule has 1 saturated carbocycles. The van der Waals surface area contributed by atoms with Crippen molar-refractivity contribution in [2.24, 2.45) is 0 Å². The summed E-state index contributed by atoms with van der Waals surface area (Å²) in [6.07, 6.45) is 4.85. The van der Waals surface area contributed by atoms with Crippen LogP contribution in [-0.2, 0) is 21.3 Å². The summed E-state index contributed by atoms with van der Waals surface area (Å²) in [6, 6.07) is 8.95. The quantitative estimate of drug-likeness (QED) is 0.510. The molecule has 0 spiro atoms. The molecule has 0 amide bonds. The van der Waals surface area contributed by atoms with Crippen LogP contribution in [0.1, 0.15) is 44.1 Å². The Bertz CT molecular complexity index is 1060. The molecule has 1 aliphatic rings. The molecular formula is C21H28N2O6S. The zero-order chi connectivity index (χ0) is 21.6. The highest BCUT2D eigenvalue weighted by Crippen LogP contribution is 2.30. The van der Waals surface area contributed by atoms with Crippen LogP contribution in [0.25, 0.3) is 0 Å². The van der Waals surface area contributed by atoms with Gasteiger partial charge in [-0.15, -0.1) is 0 Å². The normalized spacial score (nSPS) is 15.1. The van der Waals surface area contributed by atoms with Crippen LogP contribution < -0.4 is 16.0 Å². The lowest BCUT2D eigenvalue weighted by Gasteiger charge is -2.17. The first kappa shape index (κ1) is 22.3. The first-order chi connectivity index (χ1) is 14.4. The topological polar surface area (TPSA) is 107 Å². The Morgan fingerprint density at radius 3 is 2.73 bits per heavy atom. The lowest BCUT2D eigenvalue weighted by molar-refractivity contribution is 0.0745. The highest BCUT2D eigenvalue weighted by atomic mass is 32.2. The Labute approximate surface area is 175 Å². The molecule has 0 bridgehead atoms. The third-order valence-electron chi connectivity index (χ3n) is 4.98. The maximum Gasteiger partial charge on any atom is 0.330 e. The van der Waals surface area contributed by atoms with Crippen molar-refractivity contribution >= 4 is 9.84 Å². The van der Waals surface area contributed by atoms with Crippen LogP contribution in [0, 0.1) is 0 Å². The molecule has 30 heavy (non-hydrogen) atoms. The van der Waals surface area contributed by atoms with Crippen molar-refractivity contribution < 1.29 is 17.9 Å². The summed E-state index contributed by atoms with van der Waals surface area (Å²) in [5.74, 6) is 0.813. The fourth-order valence-electron chi connectivity index (χ4n) is 3.15. The number of nitrogens with zero attached hydrogens (tertiary/aromatic N) is 1. The SMILES string of the molecule is CC[C@@H](CS(=O)(=O)CCCOCn1ccc(=O)[nH]c1=O)c1cccc(OC2CC2)c1. The largest absolute Gasteiger partial charge is 0.490 e. The summed E-state index contributed by atoms with van der Waals surface area (Å²) in [5, 5.41) is 0. The summed E-state index contributed by atoms with van der Waals surface area (Å²) >= 11 is 0. The number of ether oxygens (including phenoxy) is 2. The number of nitrogens with one attached hydrogen (secondary N) is 1. The van der Waals surface area contributed by atoms with E-state index >= 15 is 0 Å². The Morgan fingerprint density at radius 2 is 2.03 bits per heavy atom. The summed E-state index contributed by atoms with van der Waals surface area (Å²) < 4.78 is 37.6. The number of sulfone groups is 1. The third kappa shape index (κ3) is 6.84. The maximum absolute atomic E-state index is 12.6. The summed E-state index contributed by atoms with van der Waals surface area (Å²) in [6.45, 7) is 2.15. The van der Waals surface area contributed by atoms with E-state index in [1.165, 1.54) is 16.8 Å². The van der Waals surface area contributed by atoms with Gasteiger partial charge in [-0.2, -0.15) is 0 Å². The van der Waals surface area contributed by atoms with Crippen LogP contribution in [0.4, 0.5) is 0 Å². The number of rotatable bonds is 12. The van der Waals surface area contributed by atoms with Crippen LogP contribution in [-0.4, -0.2) is 42.2 Å². The second-order valence-corrected chi connectivity index (χ2v) is 9.81.